The monoisotopic (exact) mass is 359 g/mol. The molecule has 1 aliphatic carbocycles. The second kappa shape index (κ2) is 5.07. The van der Waals surface area contributed by atoms with Crippen LogP contribution in [0.2, 0.25) is 0 Å². The fraction of sp³-hybridized carbons (Fsp3) is 0.417. The molecule has 2 N–H and O–H groups in total. The van der Waals surface area contributed by atoms with Crippen molar-refractivity contribution in [3.63, 3.8) is 0 Å². The van der Waals surface area contributed by atoms with Gasteiger partial charge in [0.2, 0.25) is 0 Å². The second-order valence-electron chi connectivity index (χ2n) is 4.36. The lowest BCUT2D eigenvalue weighted by molar-refractivity contribution is 0.463. The fourth-order valence-corrected chi connectivity index (χ4v) is 4.47. The van der Waals surface area contributed by atoms with Crippen LogP contribution in [0, 0.1) is 2.88 Å². The van der Waals surface area contributed by atoms with Gasteiger partial charge < -0.3 is 5.32 Å². The van der Waals surface area contributed by atoms with Gasteiger partial charge in [-0.3, -0.25) is 5.10 Å². The maximum Gasteiger partial charge on any atom is 0.0659 e. The molecule has 17 heavy (non-hydrogen) atoms. The van der Waals surface area contributed by atoms with Crippen LogP contribution in [0.3, 0.4) is 0 Å². The molecule has 5 heteroatoms. The molecule has 90 valence electrons. The zero-order valence-electron chi connectivity index (χ0n) is 9.37. The Hall–Kier alpha value is -0.400. The zero-order valence-corrected chi connectivity index (χ0v) is 12.3. The van der Waals surface area contributed by atoms with Crippen molar-refractivity contribution in [1.82, 2.24) is 15.5 Å². The van der Waals surface area contributed by atoms with Crippen LogP contribution in [0.15, 0.2) is 18.5 Å². The van der Waals surface area contributed by atoms with Crippen molar-refractivity contribution in [2.24, 2.45) is 0 Å². The predicted octanol–water partition coefficient (Wildman–Crippen LogP) is 3.24. The van der Waals surface area contributed by atoms with Crippen molar-refractivity contribution >= 4 is 33.9 Å². The number of aromatic nitrogens is 2. The molecule has 0 fully saturated rings. The maximum absolute atomic E-state index is 3.97. The quantitative estimate of drug-likeness (QED) is 0.827. The Bertz CT molecular complexity index is 492. The fourth-order valence-electron chi connectivity index (χ4n) is 2.35. The number of hydrogen-bond acceptors (Lipinski definition) is 3. The number of halogens is 1. The molecule has 0 spiro atoms. The van der Waals surface area contributed by atoms with Crippen molar-refractivity contribution < 1.29 is 0 Å². The summed E-state index contributed by atoms with van der Waals surface area (Å²) in [7, 11) is 0. The van der Waals surface area contributed by atoms with E-state index >= 15 is 0 Å². The van der Waals surface area contributed by atoms with E-state index in [-0.39, 0.29) is 0 Å². The van der Waals surface area contributed by atoms with E-state index in [1.54, 1.807) is 4.88 Å². The number of nitrogens with zero attached hydrogens (tertiary/aromatic N) is 1. The standard InChI is InChI=1S/C12H14IN3S/c13-12-4-9-10(2-1-3-11(9)17-12)14-5-8-6-15-16-7-8/h4,6-7,10,14H,1-3,5H2,(H,15,16). The number of nitrogens with one attached hydrogen (secondary N) is 2. The third-order valence-electron chi connectivity index (χ3n) is 3.19. The van der Waals surface area contributed by atoms with Crippen LogP contribution in [0.4, 0.5) is 0 Å². The van der Waals surface area contributed by atoms with Gasteiger partial charge in [0.15, 0.2) is 0 Å². The maximum atomic E-state index is 3.97. The molecule has 3 rings (SSSR count). The molecular formula is C12H14IN3S. The van der Waals surface area contributed by atoms with Crippen LogP contribution in [0.25, 0.3) is 0 Å². The third kappa shape index (κ3) is 2.56. The molecule has 3 nitrogen and oxygen atoms in total. The molecule has 0 aliphatic heterocycles. The van der Waals surface area contributed by atoms with Crippen LogP contribution in [0.5, 0.6) is 0 Å². The van der Waals surface area contributed by atoms with Gasteiger partial charge in [-0.25, -0.2) is 0 Å². The Kier molecular flexibility index (Phi) is 3.49. The van der Waals surface area contributed by atoms with Gasteiger partial charge in [0, 0.05) is 29.2 Å². The number of rotatable bonds is 3. The number of aryl methyl sites for hydroxylation is 1. The Morgan fingerprint density at radius 3 is 3.35 bits per heavy atom. The highest BCUT2D eigenvalue weighted by Crippen LogP contribution is 2.36. The molecule has 2 heterocycles. The first-order chi connectivity index (χ1) is 8.33. The molecule has 1 aliphatic rings. The Labute approximate surface area is 118 Å². The van der Waals surface area contributed by atoms with Gasteiger partial charge in [-0.15, -0.1) is 11.3 Å². The lowest BCUT2D eigenvalue weighted by Crippen LogP contribution is -2.23. The first kappa shape index (κ1) is 11.7. The van der Waals surface area contributed by atoms with Gasteiger partial charge in [0.25, 0.3) is 0 Å². The predicted molar refractivity (Wildman–Crippen MR) is 78.1 cm³/mol. The van der Waals surface area contributed by atoms with E-state index in [1.165, 1.54) is 33.3 Å². The van der Waals surface area contributed by atoms with E-state index < -0.39 is 0 Å². The minimum Gasteiger partial charge on any atom is -0.306 e. The summed E-state index contributed by atoms with van der Waals surface area (Å²) >= 11 is 4.37. The summed E-state index contributed by atoms with van der Waals surface area (Å²) in [5, 5.41) is 10.5. The average Bonchev–Trinajstić information content (AvgIpc) is 2.93. The first-order valence-electron chi connectivity index (χ1n) is 5.82. The molecule has 0 saturated carbocycles. The van der Waals surface area contributed by atoms with Gasteiger partial charge >= 0.3 is 0 Å². The molecular weight excluding hydrogens is 345 g/mol. The lowest BCUT2D eigenvalue weighted by atomic mass is 9.94. The molecule has 0 saturated heterocycles. The number of hydrogen-bond donors (Lipinski definition) is 2. The number of thiophene rings is 1. The van der Waals surface area contributed by atoms with E-state index in [0.717, 1.165) is 6.54 Å². The summed E-state index contributed by atoms with van der Waals surface area (Å²) in [4.78, 5) is 1.57. The van der Waals surface area contributed by atoms with Gasteiger partial charge in [-0.05, 0) is 53.5 Å². The third-order valence-corrected chi connectivity index (χ3v) is 5.16. The van der Waals surface area contributed by atoms with Crippen LogP contribution < -0.4 is 5.32 Å². The highest BCUT2D eigenvalue weighted by atomic mass is 127. The minimum absolute atomic E-state index is 0.522. The summed E-state index contributed by atoms with van der Waals surface area (Å²) in [6, 6.07) is 2.86. The second-order valence-corrected chi connectivity index (χ2v) is 7.39. The summed E-state index contributed by atoms with van der Waals surface area (Å²) in [5.41, 5.74) is 2.75. The van der Waals surface area contributed by atoms with Gasteiger partial charge in [-0.2, -0.15) is 5.10 Å². The molecule has 0 amide bonds. The average molecular weight is 359 g/mol. The van der Waals surface area contributed by atoms with E-state index in [0.29, 0.717) is 6.04 Å². The smallest absolute Gasteiger partial charge is 0.0659 e. The number of aromatic amines is 1. The molecule has 0 radical (unpaired) electrons. The van der Waals surface area contributed by atoms with Crippen LogP contribution in [0.1, 0.15) is 34.9 Å². The molecule has 0 bridgehead atoms. The largest absolute Gasteiger partial charge is 0.306 e. The van der Waals surface area contributed by atoms with Crippen LogP contribution in [-0.2, 0) is 13.0 Å². The molecule has 1 atom stereocenters. The van der Waals surface area contributed by atoms with Gasteiger partial charge in [0.1, 0.15) is 0 Å². The van der Waals surface area contributed by atoms with Crippen molar-refractivity contribution in [2.75, 3.05) is 0 Å². The molecule has 2 aromatic heterocycles. The summed E-state index contributed by atoms with van der Waals surface area (Å²) < 4.78 is 1.41. The normalized spacial score (nSPS) is 19.2. The van der Waals surface area contributed by atoms with Crippen molar-refractivity contribution in [3.8, 4) is 0 Å². The van der Waals surface area contributed by atoms with Gasteiger partial charge in [0.05, 0.1) is 9.08 Å². The zero-order chi connectivity index (χ0) is 11.7. The Morgan fingerprint density at radius 2 is 2.53 bits per heavy atom. The SMILES string of the molecule is Ic1cc2c(s1)CCCC2NCc1cn[nH]c1. The Balaban J connectivity index is 1.72. The minimum atomic E-state index is 0.522. The number of fused-ring (bicyclic) bond motifs is 1. The van der Waals surface area contributed by atoms with E-state index in [9.17, 15) is 0 Å². The van der Waals surface area contributed by atoms with E-state index in [2.05, 4.69) is 44.2 Å². The number of H-pyrrole nitrogens is 1. The summed E-state index contributed by atoms with van der Waals surface area (Å²) in [6.45, 7) is 0.896. The summed E-state index contributed by atoms with van der Waals surface area (Å²) in [6.07, 6.45) is 7.64. The van der Waals surface area contributed by atoms with E-state index in [1.807, 2.05) is 23.7 Å². The van der Waals surface area contributed by atoms with Crippen LogP contribution in [-0.4, -0.2) is 10.2 Å². The highest BCUT2D eigenvalue weighted by molar-refractivity contribution is 14.1. The molecule has 1 unspecified atom stereocenters. The topological polar surface area (TPSA) is 40.7 Å². The molecule has 0 aromatic carbocycles. The summed E-state index contributed by atoms with van der Waals surface area (Å²) in [5.74, 6) is 0. The Morgan fingerprint density at radius 1 is 1.59 bits per heavy atom. The van der Waals surface area contributed by atoms with Crippen molar-refractivity contribution in [2.45, 2.75) is 31.8 Å². The highest BCUT2D eigenvalue weighted by Gasteiger charge is 2.22. The van der Waals surface area contributed by atoms with E-state index in [4.69, 9.17) is 0 Å². The molecule has 2 aromatic rings. The van der Waals surface area contributed by atoms with Crippen molar-refractivity contribution in [1.29, 1.82) is 0 Å². The van der Waals surface area contributed by atoms with Crippen LogP contribution >= 0.6 is 33.9 Å². The lowest BCUT2D eigenvalue weighted by Gasteiger charge is -2.23. The van der Waals surface area contributed by atoms with Crippen molar-refractivity contribution in [3.05, 3.63) is 37.3 Å². The first-order valence-corrected chi connectivity index (χ1v) is 7.71. The van der Waals surface area contributed by atoms with Gasteiger partial charge in [-0.1, -0.05) is 0 Å².